The SMILES string of the molecule is CC1CCCC(C(NC(C)C)c2nccs2)C1. The molecule has 0 aliphatic heterocycles. The number of hydrogen-bond donors (Lipinski definition) is 1. The summed E-state index contributed by atoms with van der Waals surface area (Å²) in [6, 6.07) is 0.999. The van der Waals surface area contributed by atoms with Crippen molar-refractivity contribution in [3.63, 3.8) is 0 Å². The standard InChI is InChI=1S/C14H24N2S/c1-10(2)16-13(14-15-7-8-17-14)12-6-4-5-11(3)9-12/h7-8,10-13,16H,4-6,9H2,1-3H3. The van der Waals surface area contributed by atoms with Crippen LogP contribution in [0.15, 0.2) is 11.6 Å². The Bertz CT molecular complexity index is 321. The lowest BCUT2D eigenvalue weighted by atomic mass is 9.78. The minimum Gasteiger partial charge on any atom is -0.305 e. The van der Waals surface area contributed by atoms with Crippen LogP contribution in [0.5, 0.6) is 0 Å². The first-order valence-corrected chi connectivity index (χ1v) is 7.70. The first-order valence-electron chi connectivity index (χ1n) is 6.82. The van der Waals surface area contributed by atoms with Crippen LogP contribution in [0, 0.1) is 11.8 Å². The Morgan fingerprint density at radius 1 is 1.41 bits per heavy atom. The van der Waals surface area contributed by atoms with Crippen LogP contribution in [0.1, 0.15) is 57.5 Å². The molecule has 1 N–H and O–H groups in total. The molecule has 0 bridgehead atoms. The highest BCUT2D eigenvalue weighted by Gasteiger charge is 2.29. The second-order valence-corrected chi connectivity index (χ2v) is 6.63. The molecule has 0 spiro atoms. The van der Waals surface area contributed by atoms with E-state index in [0.29, 0.717) is 12.1 Å². The Morgan fingerprint density at radius 3 is 2.82 bits per heavy atom. The molecule has 1 heterocycles. The zero-order chi connectivity index (χ0) is 12.3. The molecule has 3 heteroatoms. The third kappa shape index (κ3) is 3.52. The summed E-state index contributed by atoms with van der Waals surface area (Å²) in [4.78, 5) is 4.53. The van der Waals surface area contributed by atoms with Gasteiger partial charge in [0.1, 0.15) is 5.01 Å². The molecule has 1 aromatic heterocycles. The lowest BCUT2D eigenvalue weighted by Gasteiger charge is -2.34. The molecule has 2 rings (SSSR count). The summed E-state index contributed by atoms with van der Waals surface area (Å²) in [6.07, 6.45) is 7.43. The van der Waals surface area contributed by atoms with Gasteiger partial charge in [-0.2, -0.15) is 0 Å². The van der Waals surface area contributed by atoms with Crippen LogP contribution in [0.25, 0.3) is 0 Å². The maximum Gasteiger partial charge on any atom is 0.110 e. The van der Waals surface area contributed by atoms with Gasteiger partial charge < -0.3 is 5.32 Å². The average Bonchev–Trinajstić information content (AvgIpc) is 2.79. The minimum atomic E-state index is 0.470. The van der Waals surface area contributed by atoms with Gasteiger partial charge in [-0.25, -0.2) is 4.98 Å². The fourth-order valence-electron chi connectivity index (χ4n) is 2.94. The second kappa shape index (κ2) is 5.96. The Kier molecular flexibility index (Phi) is 4.57. The largest absolute Gasteiger partial charge is 0.305 e. The van der Waals surface area contributed by atoms with Gasteiger partial charge in [0.05, 0.1) is 6.04 Å². The molecule has 0 aromatic carbocycles. The molecule has 0 saturated heterocycles. The number of hydrogen-bond acceptors (Lipinski definition) is 3. The highest BCUT2D eigenvalue weighted by molar-refractivity contribution is 7.09. The van der Waals surface area contributed by atoms with Gasteiger partial charge in [-0.3, -0.25) is 0 Å². The fourth-order valence-corrected chi connectivity index (χ4v) is 3.73. The molecule has 3 unspecified atom stereocenters. The Morgan fingerprint density at radius 2 is 2.24 bits per heavy atom. The number of aromatic nitrogens is 1. The molecule has 1 aliphatic rings. The number of nitrogens with zero attached hydrogens (tertiary/aromatic N) is 1. The minimum absolute atomic E-state index is 0.470. The van der Waals surface area contributed by atoms with Crippen molar-refractivity contribution in [2.45, 2.75) is 58.5 Å². The smallest absolute Gasteiger partial charge is 0.110 e. The van der Waals surface area contributed by atoms with E-state index in [0.717, 1.165) is 11.8 Å². The van der Waals surface area contributed by atoms with Crippen LogP contribution >= 0.6 is 11.3 Å². The van der Waals surface area contributed by atoms with Crippen molar-refractivity contribution in [2.24, 2.45) is 11.8 Å². The van der Waals surface area contributed by atoms with Crippen molar-refractivity contribution in [3.8, 4) is 0 Å². The van der Waals surface area contributed by atoms with Crippen LogP contribution in [0.2, 0.25) is 0 Å². The van der Waals surface area contributed by atoms with Gasteiger partial charge in [-0.1, -0.05) is 33.6 Å². The normalized spacial score (nSPS) is 27.3. The van der Waals surface area contributed by atoms with Gasteiger partial charge in [-0.05, 0) is 24.7 Å². The predicted molar refractivity (Wildman–Crippen MR) is 74.2 cm³/mol. The summed E-state index contributed by atoms with van der Waals surface area (Å²) in [7, 11) is 0. The first kappa shape index (κ1) is 13.0. The molecule has 96 valence electrons. The van der Waals surface area contributed by atoms with E-state index < -0.39 is 0 Å². The summed E-state index contributed by atoms with van der Waals surface area (Å²) < 4.78 is 0. The van der Waals surface area contributed by atoms with Gasteiger partial charge in [0, 0.05) is 17.6 Å². The highest BCUT2D eigenvalue weighted by Crippen LogP contribution is 2.37. The van der Waals surface area contributed by atoms with Crippen LogP contribution < -0.4 is 5.32 Å². The second-order valence-electron chi connectivity index (χ2n) is 5.70. The molecule has 1 aromatic rings. The molecule has 2 nitrogen and oxygen atoms in total. The van der Waals surface area contributed by atoms with Crippen molar-refractivity contribution < 1.29 is 0 Å². The van der Waals surface area contributed by atoms with Crippen LogP contribution in [0.3, 0.4) is 0 Å². The molecule has 1 saturated carbocycles. The zero-order valence-corrected chi connectivity index (χ0v) is 12.0. The van der Waals surface area contributed by atoms with E-state index in [2.05, 4.69) is 36.5 Å². The molecule has 3 atom stereocenters. The summed E-state index contributed by atoms with van der Waals surface area (Å²) in [5, 5.41) is 7.09. The molecule has 1 aliphatic carbocycles. The Hall–Kier alpha value is -0.410. The van der Waals surface area contributed by atoms with E-state index in [1.807, 2.05) is 6.20 Å². The Labute approximate surface area is 109 Å². The molecule has 17 heavy (non-hydrogen) atoms. The summed E-state index contributed by atoms with van der Waals surface area (Å²) in [5.41, 5.74) is 0. The molecular weight excluding hydrogens is 228 g/mol. The topological polar surface area (TPSA) is 24.9 Å². The van der Waals surface area contributed by atoms with Crippen molar-refractivity contribution >= 4 is 11.3 Å². The van der Waals surface area contributed by atoms with Gasteiger partial charge in [-0.15, -0.1) is 11.3 Å². The predicted octanol–water partition coefficient (Wildman–Crippen LogP) is 4.01. The molecule has 0 radical (unpaired) electrons. The molecule has 1 fully saturated rings. The zero-order valence-electron chi connectivity index (χ0n) is 11.1. The third-order valence-electron chi connectivity index (χ3n) is 3.68. The summed E-state index contributed by atoms with van der Waals surface area (Å²) in [6.45, 7) is 6.85. The van der Waals surface area contributed by atoms with Crippen molar-refractivity contribution in [3.05, 3.63) is 16.6 Å². The summed E-state index contributed by atoms with van der Waals surface area (Å²) >= 11 is 1.79. The lowest BCUT2D eigenvalue weighted by molar-refractivity contribution is 0.216. The number of nitrogens with one attached hydrogen (secondary N) is 1. The van der Waals surface area contributed by atoms with E-state index >= 15 is 0 Å². The van der Waals surface area contributed by atoms with Gasteiger partial charge in [0.15, 0.2) is 0 Å². The van der Waals surface area contributed by atoms with E-state index in [4.69, 9.17) is 0 Å². The van der Waals surface area contributed by atoms with Crippen LogP contribution in [0.4, 0.5) is 0 Å². The first-order chi connectivity index (χ1) is 8.16. The van der Waals surface area contributed by atoms with Crippen LogP contribution in [-0.4, -0.2) is 11.0 Å². The van der Waals surface area contributed by atoms with Crippen molar-refractivity contribution in [1.29, 1.82) is 0 Å². The van der Waals surface area contributed by atoms with Gasteiger partial charge >= 0.3 is 0 Å². The lowest BCUT2D eigenvalue weighted by Crippen LogP contribution is -2.35. The van der Waals surface area contributed by atoms with Gasteiger partial charge in [0.2, 0.25) is 0 Å². The maximum absolute atomic E-state index is 4.53. The van der Waals surface area contributed by atoms with Crippen LogP contribution in [-0.2, 0) is 0 Å². The number of rotatable bonds is 4. The third-order valence-corrected chi connectivity index (χ3v) is 4.54. The number of thiazole rings is 1. The average molecular weight is 252 g/mol. The van der Waals surface area contributed by atoms with E-state index in [1.54, 1.807) is 11.3 Å². The van der Waals surface area contributed by atoms with Crippen molar-refractivity contribution in [1.82, 2.24) is 10.3 Å². The maximum atomic E-state index is 4.53. The van der Waals surface area contributed by atoms with E-state index in [1.165, 1.54) is 30.7 Å². The van der Waals surface area contributed by atoms with E-state index in [-0.39, 0.29) is 0 Å². The molecule has 0 amide bonds. The highest BCUT2D eigenvalue weighted by atomic mass is 32.1. The quantitative estimate of drug-likeness (QED) is 0.876. The Balaban J connectivity index is 2.09. The monoisotopic (exact) mass is 252 g/mol. The summed E-state index contributed by atoms with van der Waals surface area (Å²) in [5.74, 6) is 1.65. The molecular formula is C14H24N2S. The van der Waals surface area contributed by atoms with Gasteiger partial charge in [0.25, 0.3) is 0 Å². The van der Waals surface area contributed by atoms with E-state index in [9.17, 15) is 0 Å². The fraction of sp³-hybridized carbons (Fsp3) is 0.786. The van der Waals surface area contributed by atoms with Crippen molar-refractivity contribution in [2.75, 3.05) is 0 Å².